The Kier molecular flexibility index (Phi) is 5.06. The number of benzene rings is 3. The van der Waals surface area contributed by atoms with Crippen LogP contribution >= 0.6 is 0 Å². The minimum atomic E-state index is -1.20. The molecule has 0 saturated carbocycles. The molecule has 4 rings (SSSR count). The first-order chi connectivity index (χ1) is 15.2. The van der Waals surface area contributed by atoms with Crippen LogP contribution in [0.3, 0.4) is 0 Å². The van der Waals surface area contributed by atoms with E-state index in [-0.39, 0.29) is 27.7 Å². The molecule has 1 heterocycles. The number of hydrogen-bond acceptors (Lipinski definition) is 6. The summed E-state index contributed by atoms with van der Waals surface area (Å²) in [5, 5.41) is 22.2. The van der Waals surface area contributed by atoms with E-state index in [4.69, 9.17) is 4.74 Å². The molecule has 0 radical (unpaired) electrons. The Hall–Kier alpha value is -4.33. The molecule has 32 heavy (non-hydrogen) atoms. The van der Waals surface area contributed by atoms with E-state index in [1.807, 2.05) is 6.92 Å². The smallest absolute Gasteiger partial charge is 0.340 e. The average molecular weight is 430 g/mol. The minimum absolute atomic E-state index is 0.0274. The molecule has 1 aromatic heterocycles. The molecular formula is C24H18N2O6. The second-order valence-electron chi connectivity index (χ2n) is 7.45. The first kappa shape index (κ1) is 20.9. The number of pyridine rings is 1. The number of nitro groups is 1. The summed E-state index contributed by atoms with van der Waals surface area (Å²) < 4.78 is 4.92. The van der Waals surface area contributed by atoms with Crippen molar-refractivity contribution in [2.45, 2.75) is 13.8 Å². The SMILES string of the molecule is COC(=O)c1cc(C)c(-c2cccc([N+](=O)[O-])c2)c2c(C(=O)O)c3ccc(C)cc3nc12. The summed E-state index contributed by atoms with van der Waals surface area (Å²) in [7, 11) is 1.24. The number of carbonyl (C=O) groups is 2. The Labute approximate surface area is 182 Å². The molecular weight excluding hydrogens is 412 g/mol. The van der Waals surface area contributed by atoms with Gasteiger partial charge in [-0.1, -0.05) is 24.3 Å². The monoisotopic (exact) mass is 430 g/mol. The molecule has 8 nitrogen and oxygen atoms in total. The zero-order valence-electron chi connectivity index (χ0n) is 17.5. The molecule has 0 saturated heterocycles. The van der Waals surface area contributed by atoms with Gasteiger partial charge in [0.15, 0.2) is 0 Å². The summed E-state index contributed by atoms with van der Waals surface area (Å²) in [6.07, 6.45) is 0. The topological polar surface area (TPSA) is 120 Å². The molecule has 8 heteroatoms. The van der Waals surface area contributed by atoms with Gasteiger partial charge in [-0.3, -0.25) is 10.1 Å². The second kappa shape index (κ2) is 7.73. The fourth-order valence-corrected chi connectivity index (χ4v) is 4.00. The molecule has 0 amide bonds. The highest BCUT2D eigenvalue weighted by atomic mass is 16.6. The van der Waals surface area contributed by atoms with Gasteiger partial charge in [0.25, 0.3) is 5.69 Å². The van der Waals surface area contributed by atoms with E-state index in [9.17, 15) is 24.8 Å². The summed E-state index contributed by atoms with van der Waals surface area (Å²) in [6, 6.07) is 12.7. The van der Waals surface area contributed by atoms with Gasteiger partial charge < -0.3 is 9.84 Å². The summed E-state index contributed by atoms with van der Waals surface area (Å²) in [5.41, 5.74) is 2.92. The number of aromatic nitrogens is 1. The van der Waals surface area contributed by atoms with Crippen LogP contribution in [0.4, 0.5) is 5.69 Å². The number of aryl methyl sites for hydroxylation is 2. The van der Waals surface area contributed by atoms with Crippen molar-refractivity contribution in [3.05, 3.63) is 80.9 Å². The number of ether oxygens (including phenoxy) is 1. The predicted octanol–water partition coefficient (Wildman–Crippen LogP) is 5.06. The van der Waals surface area contributed by atoms with Gasteiger partial charge in [-0.2, -0.15) is 0 Å². The van der Waals surface area contributed by atoms with E-state index in [2.05, 4.69) is 4.98 Å². The van der Waals surface area contributed by atoms with E-state index in [0.29, 0.717) is 27.6 Å². The van der Waals surface area contributed by atoms with E-state index >= 15 is 0 Å². The quantitative estimate of drug-likeness (QED) is 0.208. The zero-order valence-corrected chi connectivity index (χ0v) is 17.5. The molecule has 0 unspecified atom stereocenters. The molecule has 0 atom stereocenters. The van der Waals surface area contributed by atoms with Crippen LogP contribution in [0.5, 0.6) is 0 Å². The molecule has 0 aliphatic carbocycles. The number of carboxylic acid groups (broad SMARTS) is 1. The maximum absolute atomic E-state index is 12.6. The standard InChI is InChI=1S/C24H18N2O6/c1-12-7-8-16-18(9-12)25-22-17(24(29)32-3)10-13(2)19(21(22)20(16)23(27)28)14-5-4-6-15(11-14)26(30)31/h4-11H,1-3H3,(H,27,28). The van der Waals surface area contributed by atoms with Crippen LogP contribution in [0.1, 0.15) is 31.8 Å². The van der Waals surface area contributed by atoms with Crippen molar-refractivity contribution in [3.8, 4) is 11.1 Å². The Morgan fingerprint density at radius 2 is 1.84 bits per heavy atom. The molecule has 0 aliphatic heterocycles. The van der Waals surface area contributed by atoms with Crippen molar-refractivity contribution in [1.82, 2.24) is 4.98 Å². The van der Waals surface area contributed by atoms with Crippen molar-refractivity contribution in [1.29, 1.82) is 0 Å². The van der Waals surface area contributed by atoms with Crippen LogP contribution < -0.4 is 0 Å². The molecule has 3 aromatic carbocycles. The van der Waals surface area contributed by atoms with Crippen LogP contribution in [0.25, 0.3) is 32.9 Å². The lowest BCUT2D eigenvalue weighted by atomic mass is 9.88. The summed E-state index contributed by atoms with van der Waals surface area (Å²) in [6.45, 7) is 3.57. The summed E-state index contributed by atoms with van der Waals surface area (Å²) in [5.74, 6) is -1.85. The Morgan fingerprint density at radius 1 is 1.09 bits per heavy atom. The lowest BCUT2D eigenvalue weighted by Gasteiger charge is -2.17. The molecule has 0 fully saturated rings. The largest absolute Gasteiger partial charge is 0.478 e. The number of nitrogens with zero attached hydrogens (tertiary/aromatic N) is 2. The number of hydrogen-bond donors (Lipinski definition) is 1. The van der Waals surface area contributed by atoms with Crippen LogP contribution in [0.2, 0.25) is 0 Å². The first-order valence-corrected chi connectivity index (χ1v) is 9.67. The van der Waals surface area contributed by atoms with E-state index in [0.717, 1.165) is 5.56 Å². The van der Waals surface area contributed by atoms with Gasteiger partial charge in [-0.05, 0) is 48.2 Å². The van der Waals surface area contributed by atoms with Gasteiger partial charge in [0.2, 0.25) is 0 Å². The first-order valence-electron chi connectivity index (χ1n) is 9.67. The third-order valence-electron chi connectivity index (χ3n) is 5.37. The maximum atomic E-state index is 12.6. The lowest BCUT2D eigenvalue weighted by molar-refractivity contribution is -0.384. The van der Waals surface area contributed by atoms with Crippen molar-refractivity contribution in [2.75, 3.05) is 7.11 Å². The number of carbonyl (C=O) groups excluding carboxylic acids is 1. The highest BCUT2D eigenvalue weighted by Crippen LogP contribution is 2.39. The normalized spacial score (nSPS) is 11.0. The Bertz CT molecular complexity index is 1460. The molecule has 1 N–H and O–H groups in total. The number of carboxylic acids is 1. The molecule has 0 spiro atoms. The number of rotatable bonds is 4. The van der Waals surface area contributed by atoms with E-state index < -0.39 is 16.9 Å². The van der Waals surface area contributed by atoms with Gasteiger partial charge in [0.05, 0.1) is 34.2 Å². The van der Waals surface area contributed by atoms with Gasteiger partial charge in [0, 0.05) is 22.9 Å². The zero-order chi connectivity index (χ0) is 23.2. The number of nitro benzene ring substituents is 1. The maximum Gasteiger partial charge on any atom is 0.340 e. The van der Waals surface area contributed by atoms with E-state index in [1.165, 1.54) is 25.3 Å². The van der Waals surface area contributed by atoms with Gasteiger partial charge >= 0.3 is 11.9 Å². The number of esters is 1. The molecule has 0 aliphatic rings. The van der Waals surface area contributed by atoms with Crippen LogP contribution in [-0.4, -0.2) is 34.1 Å². The van der Waals surface area contributed by atoms with Crippen molar-refractivity contribution < 1.29 is 24.4 Å². The van der Waals surface area contributed by atoms with Crippen LogP contribution in [0.15, 0.2) is 48.5 Å². The van der Waals surface area contributed by atoms with Crippen LogP contribution in [0, 0.1) is 24.0 Å². The molecule has 4 aromatic rings. The average Bonchev–Trinajstić information content (AvgIpc) is 2.76. The number of aromatic carboxylic acids is 1. The molecule has 160 valence electrons. The van der Waals surface area contributed by atoms with Crippen molar-refractivity contribution in [2.24, 2.45) is 0 Å². The summed E-state index contributed by atoms with van der Waals surface area (Å²) >= 11 is 0. The van der Waals surface area contributed by atoms with Gasteiger partial charge in [-0.15, -0.1) is 0 Å². The highest BCUT2D eigenvalue weighted by Gasteiger charge is 2.25. The van der Waals surface area contributed by atoms with Crippen molar-refractivity contribution in [3.63, 3.8) is 0 Å². The van der Waals surface area contributed by atoms with Gasteiger partial charge in [-0.25, -0.2) is 14.6 Å². The minimum Gasteiger partial charge on any atom is -0.478 e. The fourth-order valence-electron chi connectivity index (χ4n) is 4.00. The lowest BCUT2D eigenvalue weighted by Crippen LogP contribution is -2.09. The number of non-ortho nitro benzene ring substituents is 1. The van der Waals surface area contributed by atoms with Crippen molar-refractivity contribution >= 4 is 39.4 Å². The van der Waals surface area contributed by atoms with Crippen LogP contribution in [-0.2, 0) is 4.74 Å². The third-order valence-corrected chi connectivity index (χ3v) is 5.37. The fraction of sp³-hybridized carbons (Fsp3) is 0.125. The predicted molar refractivity (Wildman–Crippen MR) is 119 cm³/mol. The molecule has 0 bridgehead atoms. The Morgan fingerprint density at radius 3 is 2.50 bits per heavy atom. The second-order valence-corrected chi connectivity index (χ2v) is 7.45. The number of methoxy groups -OCH3 is 1. The van der Waals surface area contributed by atoms with Gasteiger partial charge in [0.1, 0.15) is 0 Å². The highest BCUT2D eigenvalue weighted by molar-refractivity contribution is 6.21. The Balaban J connectivity index is 2.28. The number of fused-ring (bicyclic) bond motifs is 2. The van der Waals surface area contributed by atoms with E-state index in [1.54, 1.807) is 37.3 Å². The third kappa shape index (κ3) is 3.31. The summed E-state index contributed by atoms with van der Waals surface area (Å²) in [4.78, 5) is 40.5.